The van der Waals surface area contributed by atoms with Crippen LogP contribution < -0.4 is 5.32 Å². The van der Waals surface area contributed by atoms with Crippen LogP contribution in [0, 0.1) is 0 Å². The highest BCUT2D eigenvalue weighted by atomic mass is 16.5. The van der Waals surface area contributed by atoms with Crippen molar-refractivity contribution < 1.29 is 9.53 Å². The fraction of sp³-hybridized carbons (Fsp3) is 0.263. The zero-order chi connectivity index (χ0) is 18.5. The lowest BCUT2D eigenvalue weighted by molar-refractivity contribution is 0.0342. The Balaban J connectivity index is 1.42. The van der Waals surface area contributed by atoms with Crippen molar-refractivity contribution in [1.29, 1.82) is 0 Å². The molecule has 27 heavy (non-hydrogen) atoms. The number of rotatable bonds is 5. The Morgan fingerprint density at radius 1 is 1.15 bits per heavy atom. The molecule has 0 spiro atoms. The van der Waals surface area contributed by atoms with Crippen molar-refractivity contribution in [2.45, 2.75) is 6.54 Å². The predicted octanol–water partition coefficient (Wildman–Crippen LogP) is 1.75. The summed E-state index contributed by atoms with van der Waals surface area (Å²) in [6, 6.07) is 9.41. The largest absolute Gasteiger partial charge is 0.379 e. The van der Waals surface area contributed by atoms with E-state index in [1.807, 2.05) is 18.2 Å². The van der Waals surface area contributed by atoms with E-state index in [0.717, 1.165) is 44.1 Å². The molecule has 1 amide bonds. The Morgan fingerprint density at radius 2 is 1.96 bits per heavy atom. The molecular weight excluding hydrogens is 344 g/mol. The van der Waals surface area contributed by atoms with Crippen LogP contribution in [0.25, 0.3) is 5.69 Å². The highest BCUT2D eigenvalue weighted by molar-refractivity contribution is 6.03. The minimum absolute atomic E-state index is 0.187. The SMILES string of the molecule is O=C(Nc1ccn(-c2cncnc2)n1)c1cccc(CN2CCOCC2)c1. The molecule has 1 aliphatic rings. The number of carbonyl (C=O) groups is 1. The molecule has 2 aromatic heterocycles. The molecule has 1 saturated heterocycles. The van der Waals surface area contributed by atoms with Gasteiger partial charge < -0.3 is 10.1 Å². The molecule has 1 N–H and O–H groups in total. The Kier molecular flexibility index (Phi) is 5.17. The van der Waals surface area contributed by atoms with Crippen LogP contribution in [-0.4, -0.2) is 56.9 Å². The van der Waals surface area contributed by atoms with Crippen molar-refractivity contribution in [3.8, 4) is 5.69 Å². The average Bonchev–Trinajstić information content (AvgIpc) is 3.18. The molecule has 0 unspecified atom stereocenters. The van der Waals surface area contributed by atoms with E-state index in [-0.39, 0.29) is 5.91 Å². The number of nitrogens with zero attached hydrogens (tertiary/aromatic N) is 5. The number of hydrogen-bond acceptors (Lipinski definition) is 6. The minimum atomic E-state index is -0.187. The zero-order valence-electron chi connectivity index (χ0n) is 14.8. The Morgan fingerprint density at radius 3 is 2.78 bits per heavy atom. The molecular formula is C19H20N6O2. The zero-order valence-corrected chi connectivity index (χ0v) is 14.8. The monoisotopic (exact) mass is 364 g/mol. The summed E-state index contributed by atoms with van der Waals surface area (Å²) < 4.78 is 6.99. The number of nitrogens with one attached hydrogen (secondary N) is 1. The number of hydrogen-bond donors (Lipinski definition) is 1. The average molecular weight is 364 g/mol. The van der Waals surface area contributed by atoms with Gasteiger partial charge in [0, 0.05) is 37.5 Å². The van der Waals surface area contributed by atoms with Gasteiger partial charge in [0.25, 0.3) is 5.91 Å². The highest BCUT2D eigenvalue weighted by Crippen LogP contribution is 2.13. The Hall–Kier alpha value is -3.10. The first-order chi connectivity index (χ1) is 13.3. The van der Waals surface area contributed by atoms with E-state index in [4.69, 9.17) is 4.74 Å². The Labute approximate surface area is 156 Å². The number of morpholine rings is 1. The molecule has 0 radical (unpaired) electrons. The molecule has 3 aromatic rings. The first-order valence-corrected chi connectivity index (χ1v) is 8.79. The summed E-state index contributed by atoms with van der Waals surface area (Å²) >= 11 is 0. The van der Waals surface area contributed by atoms with Crippen LogP contribution in [0.4, 0.5) is 5.82 Å². The van der Waals surface area contributed by atoms with Gasteiger partial charge in [-0.15, -0.1) is 5.10 Å². The molecule has 0 aliphatic carbocycles. The van der Waals surface area contributed by atoms with Crippen LogP contribution in [0.1, 0.15) is 15.9 Å². The van der Waals surface area contributed by atoms with Gasteiger partial charge in [0.1, 0.15) is 12.0 Å². The number of amides is 1. The van der Waals surface area contributed by atoms with Gasteiger partial charge in [-0.2, -0.15) is 0 Å². The summed E-state index contributed by atoms with van der Waals surface area (Å²) in [6.45, 7) is 4.16. The summed E-state index contributed by atoms with van der Waals surface area (Å²) in [4.78, 5) is 22.8. The van der Waals surface area contributed by atoms with Crippen LogP contribution in [0.15, 0.2) is 55.2 Å². The number of anilines is 1. The molecule has 138 valence electrons. The van der Waals surface area contributed by atoms with Crippen molar-refractivity contribution in [2.75, 3.05) is 31.6 Å². The first kappa shape index (κ1) is 17.3. The van der Waals surface area contributed by atoms with Gasteiger partial charge >= 0.3 is 0 Å². The summed E-state index contributed by atoms with van der Waals surface area (Å²) in [6.07, 6.45) is 6.52. The van der Waals surface area contributed by atoms with Gasteiger partial charge in [-0.3, -0.25) is 9.69 Å². The predicted molar refractivity (Wildman–Crippen MR) is 99.6 cm³/mol. The summed E-state index contributed by atoms with van der Waals surface area (Å²) in [7, 11) is 0. The maximum Gasteiger partial charge on any atom is 0.256 e. The standard InChI is InChI=1S/C19H20N6O2/c26-19(22-18-4-5-25(23-18)17-11-20-14-21-12-17)16-3-1-2-15(10-16)13-24-6-8-27-9-7-24/h1-5,10-12,14H,6-9,13H2,(H,22,23,26). The van der Waals surface area contributed by atoms with Crippen molar-refractivity contribution >= 4 is 11.7 Å². The van der Waals surface area contributed by atoms with E-state index in [0.29, 0.717) is 11.4 Å². The third kappa shape index (κ3) is 4.36. The van der Waals surface area contributed by atoms with Gasteiger partial charge in [-0.1, -0.05) is 12.1 Å². The van der Waals surface area contributed by atoms with E-state index < -0.39 is 0 Å². The molecule has 0 saturated carbocycles. The summed E-state index contributed by atoms with van der Waals surface area (Å²) in [5.74, 6) is 0.288. The smallest absolute Gasteiger partial charge is 0.256 e. The van der Waals surface area contributed by atoms with E-state index in [9.17, 15) is 4.79 Å². The Bertz CT molecular complexity index is 905. The third-order valence-corrected chi connectivity index (χ3v) is 4.34. The van der Waals surface area contributed by atoms with Crippen molar-refractivity contribution in [2.24, 2.45) is 0 Å². The maximum atomic E-state index is 12.6. The number of benzene rings is 1. The van der Waals surface area contributed by atoms with Crippen molar-refractivity contribution in [3.05, 3.63) is 66.4 Å². The molecule has 1 fully saturated rings. The summed E-state index contributed by atoms with van der Waals surface area (Å²) in [5.41, 5.74) is 2.44. The van der Waals surface area contributed by atoms with E-state index in [1.54, 1.807) is 35.4 Å². The molecule has 1 aromatic carbocycles. The quantitative estimate of drug-likeness (QED) is 0.742. The lowest BCUT2D eigenvalue weighted by Gasteiger charge is -2.26. The lowest BCUT2D eigenvalue weighted by atomic mass is 10.1. The topological polar surface area (TPSA) is 85.2 Å². The fourth-order valence-electron chi connectivity index (χ4n) is 2.96. The normalized spacial score (nSPS) is 14.8. The fourth-order valence-corrected chi connectivity index (χ4v) is 2.96. The van der Waals surface area contributed by atoms with Crippen LogP contribution in [-0.2, 0) is 11.3 Å². The van der Waals surface area contributed by atoms with Crippen LogP contribution in [0.3, 0.4) is 0 Å². The number of aromatic nitrogens is 4. The van der Waals surface area contributed by atoms with Gasteiger partial charge in [0.15, 0.2) is 5.82 Å². The molecule has 8 heteroatoms. The van der Waals surface area contributed by atoms with Gasteiger partial charge in [0.2, 0.25) is 0 Å². The van der Waals surface area contributed by atoms with Gasteiger partial charge in [-0.05, 0) is 17.7 Å². The van der Waals surface area contributed by atoms with Gasteiger partial charge in [0.05, 0.1) is 25.6 Å². The minimum Gasteiger partial charge on any atom is -0.379 e. The second-order valence-corrected chi connectivity index (χ2v) is 6.29. The van der Waals surface area contributed by atoms with Crippen LogP contribution >= 0.6 is 0 Å². The van der Waals surface area contributed by atoms with Gasteiger partial charge in [-0.25, -0.2) is 14.6 Å². The first-order valence-electron chi connectivity index (χ1n) is 8.79. The van der Waals surface area contributed by atoms with Crippen LogP contribution in [0.2, 0.25) is 0 Å². The number of ether oxygens (including phenoxy) is 1. The van der Waals surface area contributed by atoms with E-state index in [1.165, 1.54) is 6.33 Å². The lowest BCUT2D eigenvalue weighted by Crippen LogP contribution is -2.35. The second-order valence-electron chi connectivity index (χ2n) is 6.29. The maximum absolute atomic E-state index is 12.6. The molecule has 4 rings (SSSR count). The molecule has 0 atom stereocenters. The molecule has 3 heterocycles. The van der Waals surface area contributed by atoms with Crippen LogP contribution in [0.5, 0.6) is 0 Å². The van der Waals surface area contributed by atoms with E-state index >= 15 is 0 Å². The highest BCUT2D eigenvalue weighted by Gasteiger charge is 2.13. The van der Waals surface area contributed by atoms with Crippen molar-refractivity contribution in [3.63, 3.8) is 0 Å². The number of carbonyl (C=O) groups excluding carboxylic acids is 1. The second kappa shape index (κ2) is 8.07. The van der Waals surface area contributed by atoms with Crippen molar-refractivity contribution in [1.82, 2.24) is 24.6 Å². The molecule has 8 nitrogen and oxygen atoms in total. The molecule has 1 aliphatic heterocycles. The summed E-state index contributed by atoms with van der Waals surface area (Å²) in [5, 5.41) is 7.18. The van der Waals surface area contributed by atoms with E-state index in [2.05, 4.69) is 25.3 Å². The third-order valence-electron chi connectivity index (χ3n) is 4.34. The molecule has 0 bridgehead atoms.